The monoisotopic (exact) mass is 380 g/mol. The largest absolute Gasteiger partial charge is 0.381 e. The van der Waals surface area contributed by atoms with Crippen LogP contribution in [0.5, 0.6) is 0 Å². The van der Waals surface area contributed by atoms with E-state index in [0.29, 0.717) is 45.6 Å². The molecule has 0 bridgehead atoms. The number of nitrogens with zero attached hydrogens (tertiary/aromatic N) is 1. The molecule has 0 aromatic heterocycles. The van der Waals surface area contributed by atoms with Gasteiger partial charge in [0.25, 0.3) is 0 Å². The Hall–Kier alpha value is -0.370. The van der Waals surface area contributed by atoms with Gasteiger partial charge in [-0.05, 0) is 51.6 Å². The van der Waals surface area contributed by atoms with Gasteiger partial charge in [0.05, 0.1) is 6.61 Å². The molecule has 1 unspecified atom stereocenters. The van der Waals surface area contributed by atoms with Gasteiger partial charge >= 0.3 is 0 Å². The quantitative estimate of drug-likeness (QED) is 0.773. The molecule has 3 rings (SSSR count). The van der Waals surface area contributed by atoms with E-state index >= 15 is 0 Å². The lowest BCUT2D eigenvalue weighted by Gasteiger charge is -2.47. The minimum atomic E-state index is -3.44. The molecule has 1 N–H and O–H groups in total. The zero-order valence-electron chi connectivity index (χ0n) is 14.4. The second-order valence-electron chi connectivity index (χ2n) is 7.50. The fourth-order valence-corrected chi connectivity index (χ4v) is 5.87. The number of ether oxygens (including phenoxy) is 1. The van der Waals surface area contributed by atoms with Gasteiger partial charge < -0.3 is 15.0 Å². The average molecular weight is 381 g/mol. The lowest BCUT2D eigenvalue weighted by molar-refractivity contribution is -0.141. The van der Waals surface area contributed by atoms with E-state index in [-0.39, 0.29) is 23.7 Å². The summed E-state index contributed by atoms with van der Waals surface area (Å²) in [5, 5.41) is 3.17. The number of carbonyl (C=O) groups excluding carboxylic acids is 1. The Balaban J connectivity index is 0.00000208. The summed E-state index contributed by atoms with van der Waals surface area (Å²) in [5.74, 6) is -0.175. The maximum Gasteiger partial charge on any atom is 0.244 e. The van der Waals surface area contributed by atoms with Gasteiger partial charge in [0.2, 0.25) is 5.91 Å². The van der Waals surface area contributed by atoms with E-state index in [1.807, 2.05) is 4.90 Å². The van der Waals surface area contributed by atoms with E-state index in [4.69, 9.17) is 4.74 Å². The van der Waals surface area contributed by atoms with Crippen molar-refractivity contribution in [2.75, 3.05) is 45.6 Å². The molecule has 0 aromatic carbocycles. The highest BCUT2D eigenvalue weighted by Crippen LogP contribution is 2.39. The zero-order valence-corrected chi connectivity index (χ0v) is 16.0. The molecule has 0 aromatic rings. The number of halogens is 1. The number of rotatable bonds is 2. The fourth-order valence-electron chi connectivity index (χ4n) is 4.48. The molecule has 0 aliphatic carbocycles. The Labute approximate surface area is 151 Å². The lowest BCUT2D eigenvalue weighted by Crippen LogP contribution is -2.61. The summed E-state index contributed by atoms with van der Waals surface area (Å²) in [7, 11) is -3.44. The van der Waals surface area contributed by atoms with Crippen LogP contribution in [0.25, 0.3) is 0 Å². The van der Waals surface area contributed by atoms with E-state index in [0.717, 1.165) is 32.3 Å². The molecule has 0 radical (unpaired) electrons. The fraction of sp³-hybridized carbons (Fsp3) is 0.938. The topological polar surface area (TPSA) is 75.7 Å². The molecule has 1 spiro atoms. The van der Waals surface area contributed by atoms with Crippen LogP contribution >= 0.6 is 12.4 Å². The average Bonchev–Trinajstić information content (AvgIpc) is 2.54. The van der Waals surface area contributed by atoms with Gasteiger partial charge in [-0.15, -0.1) is 12.4 Å². The SMILES string of the molecule is CS(=O)(=O)C1(C(=O)N2CCCC3(CCCOC3)C2)CCNCC1.Cl. The van der Waals surface area contributed by atoms with E-state index in [2.05, 4.69) is 5.32 Å². The first kappa shape index (κ1) is 19.9. The van der Waals surface area contributed by atoms with Crippen molar-refractivity contribution in [1.29, 1.82) is 0 Å². The molecule has 1 amide bonds. The van der Waals surface area contributed by atoms with Crippen LogP contribution in [0.1, 0.15) is 38.5 Å². The predicted molar refractivity (Wildman–Crippen MR) is 95.2 cm³/mol. The van der Waals surface area contributed by atoms with Crippen molar-refractivity contribution < 1.29 is 17.9 Å². The standard InChI is InChI=1S/C16H28N2O4S.ClH/c1-23(20,21)16(6-8-17-9-7-16)14(19)18-10-2-4-15(12-18)5-3-11-22-13-15;/h17H,2-13H2,1H3;1H. The van der Waals surface area contributed by atoms with Crippen LogP contribution in [0, 0.1) is 5.41 Å². The molecule has 0 saturated carbocycles. The van der Waals surface area contributed by atoms with Crippen molar-refractivity contribution in [2.24, 2.45) is 5.41 Å². The molecular formula is C16H29ClN2O4S. The Kier molecular flexibility index (Phi) is 6.21. The molecule has 3 aliphatic heterocycles. The number of sulfone groups is 1. The van der Waals surface area contributed by atoms with Crippen LogP contribution in [0.15, 0.2) is 0 Å². The van der Waals surface area contributed by atoms with Gasteiger partial charge in [0.1, 0.15) is 0 Å². The molecule has 1 atom stereocenters. The summed E-state index contributed by atoms with van der Waals surface area (Å²) in [4.78, 5) is 15.0. The molecule has 3 aliphatic rings. The third kappa shape index (κ3) is 3.59. The first-order chi connectivity index (χ1) is 10.9. The number of carbonyl (C=O) groups is 1. The maximum absolute atomic E-state index is 13.2. The molecule has 8 heteroatoms. The summed E-state index contributed by atoms with van der Waals surface area (Å²) >= 11 is 0. The summed E-state index contributed by atoms with van der Waals surface area (Å²) in [5.41, 5.74) is 0.0395. The number of hydrogen-bond donors (Lipinski definition) is 1. The Morgan fingerprint density at radius 3 is 2.38 bits per heavy atom. The van der Waals surface area contributed by atoms with Crippen molar-refractivity contribution in [3.63, 3.8) is 0 Å². The zero-order chi connectivity index (χ0) is 16.6. The Morgan fingerprint density at radius 2 is 1.79 bits per heavy atom. The molecule has 3 heterocycles. The second-order valence-corrected chi connectivity index (χ2v) is 9.83. The predicted octanol–water partition coefficient (Wildman–Crippen LogP) is 0.994. The lowest BCUT2D eigenvalue weighted by atomic mass is 9.75. The summed E-state index contributed by atoms with van der Waals surface area (Å²) < 4.78 is 29.4. The van der Waals surface area contributed by atoms with Crippen LogP contribution in [0.4, 0.5) is 0 Å². The van der Waals surface area contributed by atoms with Crippen molar-refractivity contribution in [3.8, 4) is 0 Å². The summed E-state index contributed by atoms with van der Waals surface area (Å²) in [6.45, 7) is 3.99. The van der Waals surface area contributed by atoms with Gasteiger partial charge in [-0.3, -0.25) is 4.79 Å². The highest BCUT2D eigenvalue weighted by Gasteiger charge is 2.52. The number of amides is 1. The molecule has 3 saturated heterocycles. The molecule has 140 valence electrons. The minimum absolute atomic E-state index is 0. The van der Waals surface area contributed by atoms with Gasteiger partial charge in [0.15, 0.2) is 14.6 Å². The number of nitrogens with one attached hydrogen (secondary N) is 1. The molecular weight excluding hydrogens is 352 g/mol. The minimum Gasteiger partial charge on any atom is -0.381 e. The Bertz CT molecular complexity index is 549. The number of piperidine rings is 2. The Morgan fingerprint density at radius 1 is 1.12 bits per heavy atom. The van der Waals surface area contributed by atoms with Crippen molar-refractivity contribution in [1.82, 2.24) is 10.2 Å². The molecule has 3 fully saturated rings. The van der Waals surface area contributed by atoms with Gasteiger partial charge in [-0.25, -0.2) is 8.42 Å². The number of likely N-dealkylation sites (tertiary alicyclic amines) is 1. The van der Waals surface area contributed by atoms with Crippen LogP contribution in [-0.2, 0) is 19.4 Å². The maximum atomic E-state index is 13.2. The third-order valence-electron chi connectivity index (χ3n) is 5.86. The van der Waals surface area contributed by atoms with E-state index in [1.54, 1.807) is 0 Å². The van der Waals surface area contributed by atoms with Crippen molar-refractivity contribution >= 4 is 28.2 Å². The molecule has 24 heavy (non-hydrogen) atoms. The van der Waals surface area contributed by atoms with Crippen molar-refractivity contribution in [2.45, 2.75) is 43.3 Å². The normalized spacial score (nSPS) is 30.6. The van der Waals surface area contributed by atoms with E-state index < -0.39 is 14.6 Å². The number of hydrogen-bond acceptors (Lipinski definition) is 5. The third-order valence-corrected chi connectivity index (χ3v) is 7.87. The van der Waals surface area contributed by atoms with Crippen LogP contribution in [0.2, 0.25) is 0 Å². The highest BCUT2D eigenvalue weighted by molar-refractivity contribution is 7.92. The van der Waals surface area contributed by atoms with Crippen LogP contribution < -0.4 is 5.32 Å². The highest BCUT2D eigenvalue weighted by atomic mass is 35.5. The van der Waals surface area contributed by atoms with Crippen LogP contribution in [-0.4, -0.2) is 69.6 Å². The van der Waals surface area contributed by atoms with E-state index in [1.165, 1.54) is 6.26 Å². The first-order valence-electron chi connectivity index (χ1n) is 8.66. The summed E-state index contributed by atoms with van der Waals surface area (Å²) in [6, 6.07) is 0. The first-order valence-corrected chi connectivity index (χ1v) is 10.6. The van der Waals surface area contributed by atoms with Crippen molar-refractivity contribution in [3.05, 3.63) is 0 Å². The van der Waals surface area contributed by atoms with E-state index in [9.17, 15) is 13.2 Å². The smallest absolute Gasteiger partial charge is 0.244 e. The van der Waals surface area contributed by atoms with Gasteiger partial charge in [-0.1, -0.05) is 0 Å². The van der Waals surface area contributed by atoms with Crippen LogP contribution in [0.3, 0.4) is 0 Å². The molecule has 6 nitrogen and oxygen atoms in total. The summed E-state index contributed by atoms with van der Waals surface area (Å²) in [6.07, 6.45) is 6.10. The van der Waals surface area contributed by atoms with Gasteiger partial charge in [-0.2, -0.15) is 0 Å². The van der Waals surface area contributed by atoms with Gasteiger partial charge in [0, 0.05) is 31.4 Å². The second kappa shape index (κ2) is 7.48.